The molecule has 0 rings (SSSR count). The molecule has 0 aliphatic heterocycles. The van der Waals surface area contributed by atoms with Gasteiger partial charge in [0.15, 0.2) is 6.10 Å². The summed E-state index contributed by atoms with van der Waals surface area (Å²) in [6, 6.07) is 0. The standard InChI is InChI=1S/C55H94O6/c1-4-7-10-13-16-19-21-23-25-27-28-29-31-32-34-36-39-42-45-48-54(57)60-51-52(50-59-53(56)47-44-41-38-18-15-12-9-6-3)61-55(58)49-46-43-40-37-35-33-30-26-24-22-20-17-14-11-8-5-2/h7,10,16,19-20,22-23,25-26,28-30,52H,4-6,8-9,11-15,17-18,21,24,27,31-51H2,1-3H3/b10-7-,19-16-,22-20-,25-23-,29-28-,30-26-. The third-order valence-electron chi connectivity index (χ3n) is 10.7. The Morgan fingerprint density at radius 1 is 0.344 bits per heavy atom. The molecule has 0 amide bonds. The van der Waals surface area contributed by atoms with Gasteiger partial charge in [-0.1, -0.05) is 203 Å². The molecule has 0 radical (unpaired) electrons. The van der Waals surface area contributed by atoms with Crippen molar-refractivity contribution in [1.82, 2.24) is 0 Å². The van der Waals surface area contributed by atoms with Crippen LogP contribution in [0.1, 0.15) is 239 Å². The van der Waals surface area contributed by atoms with E-state index in [1.54, 1.807) is 0 Å². The van der Waals surface area contributed by atoms with Crippen molar-refractivity contribution in [2.45, 2.75) is 245 Å². The molecule has 6 nitrogen and oxygen atoms in total. The molecule has 0 spiro atoms. The number of rotatable bonds is 45. The summed E-state index contributed by atoms with van der Waals surface area (Å²) in [5, 5.41) is 0. The van der Waals surface area contributed by atoms with Crippen molar-refractivity contribution in [3.63, 3.8) is 0 Å². The van der Waals surface area contributed by atoms with Crippen LogP contribution in [0.3, 0.4) is 0 Å². The molecule has 0 aromatic carbocycles. The Bertz CT molecular complexity index is 1160. The fourth-order valence-electron chi connectivity index (χ4n) is 6.87. The predicted octanol–water partition coefficient (Wildman–Crippen LogP) is 16.6. The van der Waals surface area contributed by atoms with Gasteiger partial charge in [0.1, 0.15) is 13.2 Å². The average molecular weight is 851 g/mol. The van der Waals surface area contributed by atoms with E-state index in [1.807, 2.05) is 0 Å². The van der Waals surface area contributed by atoms with Gasteiger partial charge in [-0.3, -0.25) is 14.4 Å². The fraction of sp³-hybridized carbons (Fsp3) is 0.727. The van der Waals surface area contributed by atoms with Crippen LogP contribution in [0.15, 0.2) is 72.9 Å². The summed E-state index contributed by atoms with van der Waals surface area (Å²) in [6.45, 7) is 6.45. The number of hydrogen-bond donors (Lipinski definition) is 0. The molecule has 1 unspecified atom stereocenters. The minimum absolute atomic E-state index is 0.0853. The second-order valence-corrected chi connectivity index (χ2v) is 16.7. The van der Waals surface area contributed by atoms with E-state index in [9.17, 15) is 14.4 Å². The predicted molar refractivity (Wildman–Crippen MR) is 261 cm³/mol. The Kier molecular flexibility index (Phi) is 46.9. The van der Waals surface area contributed by atoms with E-state index in [0.29, 0.717) is 19.3 Å². The molecule has 0 saturated carbocycles. The van der Waals surface area contributed by atoms with Crippen LogP contribution in [0.4, 0.5) is 0 Å². The summed E-state index contributed by atoms with van der Waals surface area (Å²) in [4.78, 5) is 37.8. The van der Waals surface area contributed by atoms with Crippen molar-refractivity contribution in [3.05, 3.63) is 72.9 Å². The molecule has 0 saturated heterocycles. The Morgan fingerprint density at radius 2 is 0.639 bits per heavy atom. The minimum atomic E-state index is -0.785. The summed E-state index contributed by atoms with van der Waals surface area (Å²) in [7, 11) is 0. The molecule has 1 atom stereocenters. The fourth-order valence-corrected chi connectivity index (χ4v) is 6.87. The van der Waals surface area contributed by atoms with Gasteiger partial charge in [0.05, 0.1) is 0 Å². The van der Waals surface area contributed by atoms with Crippen LogP contribution in [0.5, 0.6) is 0 Å². The van der Waals surface area contributed by atoms with E-state index in [0.717, 1.165) is 116 Å². The normalized spacial score (nSPS) is 12.6. The van der Waals surface area contributed by atoms with Crippen molar-refractivity contribution in [3.8, 4) is 0 Å². The second kappa shape index (κ2) is 49.5. The zero-order valence-corrected chi connectivity index (χ0v) is 39.9. The quantitative estimate of drug-likeness (QED) is 0.0263. The van der Waals surface area contributed by atoms with Gasteiger partial charge in [0.2, 0.25) is 0 Å². The molecule has 61 heavy (non-hydrogen) atoms. The molecule has 6 heteroatoms. The molecule has 0 heterocycles. The first kappa shape index (κ1) is 57.9. The van der Waals surface area contributed by atoms with E-state index >= 15 is 0 Å². The maximum Gasteiger partial charge on any atom is 0.306 e. The summed E-state index contributed by atoms with van der Waals surface area (Å²) in [5.41, 5.74) is 0. The van der Waals surface area contributed by atoms with Gasteiger partial charge >= 0.3 is 17.9 Å². The number of carbonyl (C=O) groups excluding carboxylic acids is 3. The van der Waals surface area contributed by atoms with Gasteiger partial charge in [-0.15, -0.1) is 0 Å². The van der Waals surface area contributed by atoms with Gasteiger partial charge in [0.25, 0.3) is 0 Å². The summed E-state index contributed by atoms with van der Waals surface area (Å²) >= 11 is 0. The third kappa shape index (κ3) is 47.7. The maximum absolute atomic E-state index is 12.8. The number of ether oxygens (including phenoxy) is 3. The lowest BCUT2D eigenvalue weighted by Crippen LogP contribution is -2.30. The molecule has 0 aromatic rings. The van der Waals surface area contributed by atoms with Crippen molar-refractivity contribution in [2.24, 2.45) is 0 Å². The minimum Gasteiger partial charge on any atom is -0.462 e. The van der Waals surface area contributed by atoms with Gasteiger partial charge < -0.3 is 14.2 Å². The zero-order chi connectivity index (χ0) is 44.4. The van der Waals surface area contributed by atoms with E-state index in [4.69, 9.17) is 14.2 Å². The Morgan fingerprint density at radius 3 is 1.02 bits per heavy atom. The van der Waals surface area contributed by atoms with Crippen LogP contribution < -0.4 is 0 Å². The monoisotopic (exact) mass is 851 g/mol. The van der Waals surface area contributed by atoms with Gasteiger partial charge in [-0.05, 0) is 89.9 Å². The molecular weight excluding hydrogens is 757 g/mol. The molecule has 0 N–H and O–H groups in total. The highest BCUT2D eigenvalue weighted by molar-refractivity contribution is 5.71. The number of unbranched alkanes of at least 4 members (excludes halogenated alkanes) is 22. The summed E-state index contributed by atoms with van der Waals surface area (Å²) in [6.07, 6.45) is 61.7. The van der Waals surface area contributed by atoms with Crippen LogP contribution in [-0.4, -0.2) is 37.2 Å². The van der Waals surface area contributed by atoms with E-state index in [1.165, 1.54) is 83.5 Å². The summed E-state index contributed by atoms with van der Waals surface area (Å²) in [5.74, 6) is -0.917. The molecule has 350 valence electrons. The highest BCUT2D eigenvalue weighted by atomic mass is 16.6. The molecule has 0 fully saturated rings. The lowest BCUT2D eigenvalue weighted by Gasteiger charge is -2.18. The topological polar surface area (TPSA) is 78.9 Å². The first-order valence-corrected chi connectivity index (χ1v) is 25.4. The second-order valence-electron chi connectivity index (χ2n) is 16.7. The number of allylic oxidation sites excluding steroid dienone is 12. The number of esters is 3. The maximum atomic E-state index is 12.8. The van der Waals surface area contributed by atoms with Crippen LogP contribution >= 0.6 is 0 Å². The number of carbonyl (C=O) groups is 3. The molecule has 0 bridgehead atoms. The van der Waals surface area contributed by atoms with Crippen LogP contribution in [0.2, 0.25) is 0 Å². The highest BCUT2D eigenvalue weighted by Gasteiger charge is 2.19. The van der Waals surface area contributed by atoms with Crippen LogP contribution in [0, 0.1) is 0 Å². The first-order chi connectivity index (χ1) is 30.0. The van der Waals surface area contributed by atoms with E-state index in [2.05, 4.69) is 93.7 Å². The van der Waals surface area contributed by atoms with Crippen LogP contribution in [0.25, 0.3) is 0 Å². The third-order valence-corrected chi connectivity index (χ3v) is 10.7. The van der Waals surface area contributed by atoms with Crippen molar-refractivity contribution in [2.75, 3.05) is 13.2 Å². The van der Waals surface area contributed by atoms with Gasteiger partial charge in [-0.2, -0.15) is 0 Å². The Labute approximate surface area is 376 Å². The smallest absolute Gasteiger partial charge is 0.306 e. The zero-order valence-electron chi connectivity index (χ0n) is 39.9. The van der Waals surface area contributed by atoms with Crippen LogP contribution in [-0.2, 0) is 28.6 Å². The summed E-state index contributed by atoms with van der Waals surface area (Å²) < 4.78 is 16.7. The average Bonchev–Trinajstić information content (AvgIpc) is 3.26. The Balaban J connectivity index is 4.35. The number of hydrogen-bond acceptors (Lipinski definition) is 6. The largest absolute Gasteiger partial charge is 0.462 e. The molecular formula is C55H94O6. The molecule has 0 aliphatic carbocycles. The Hall–Kier alpha value is -3.15. The van der Waals surface area contributed by atoms with Crippen molar-refractivity contribution in [1.29, 1.82) is 0 Å². The highest BCUT2D eigenvalue weighted by Crippen LogP contribution is 2.14. The van der Waals surface area contributed by atoms with Crippen molar-refractivity contribution < 1.29 is 28.6 Å². The van der Waals surface area contributed by atoms with E-state index in [-0.39, 0.29) is 31.1 Å². The SMILES string of the molecule is CC/C=C\C/C=C\C/C=C\C/C=C\CCCCCCCCC(=O)OCC(COC(=O)CCCCCCCCCC)OC(=O)CCCCCCC/C=C\C/C=C\CCCCCC. The van der Waals surface area contributed by atoms with Gasteiger partial charge in [0, 0.05) is 19.3 Å². The lowest BCUT2D eigenvalue weighted by atomic mass is 10.1. The molecule has 0 aliphatic rings. The lowest BCUT2D eigenvalue weighted by molar-refractivity contribution is -0.167. The molecule has 0 aromatic heterocycles. The van der Waals surface area contributed by atoms with E-state index < -0.39 is 6.10 Å². The van der Waals surface area contributed by atoms with Crippen molar-refractivity contribution >= 4 is 17.9 Å². The van der Waals surface area contributed by atoms with Gasteiger partial charge in [-0.25, -0.2) is 0 Å². The first-order valence-electron chi connectivity index (χ1n) is 25.4.